The molecule has 0 radical (unpaired) electrons. The van der Waals surface area contributed by atoms with Gasteiger partial charge in [-0.3, -0.25) is 0 Å². The second kappa shape index (κ2) is 7.34. The molecular weight excluding hydrogens is 214 g/mol. The molecule has 0 bridgehead atoms. The molecule has 3 nitrogen and oxygen atoms in total. The molecule has 0 aromatic carbocycles. The fraction of sp³-hybridized carbons (Fsp3) is 1.00. The molecule has 0 aliphatic heterocycles. The van der Waals surface area contributed by atoms with Gasteiger partial charge in [-0.2, -0.15) is 0 Å². The summed E-state index contributed by atoms with van der Waals surface area (Å²) in [7, 11) is 0. The topological polar surface area (TPSA) is 41.5 Å². The van der Waals surface area contributed by atoms with Crippen molar-refractivity contribution >= 4 is 0 Å². The lowest BCUT2D eigenvalue weighted by Crippen LogP contribution is -2.51. The van der Waals surface area contributed by atoms with Crippen molar-refractivity contribution in [2.45, 2.75) is 64.5 Å². The fourth-order valence-electron chi connectivity index (χ4n) is 2.94. The molecule has 0 spiro atoms. The van der Waals surface area contributed by atoms with E-state index in [1.807, 2.05) is 0 Å². The number of nitrogens with one attached hydrogen (secondary N) is 1. The molecule has 2 N–H and O–H groups in total. The second-order valence-electron chi connectivity index (χ2n) is 5.31. The number of aliphatic hydroxyl groups is 1. The zero-order valence-electron chi connectivity index (χ0n) is 11.7. The van der Waals surface area contributed by atoms with Crippen LogP contribution in [0.15, 0.2) is 0 Å². The van der Waals surface area contributed by atoms with Gasteiger partial charge in [0.2, 0.25) is 0 Å². The largest absolute Gasteiger partial charge is 0.394 e. The van der Waals surface area contributed by atoms with Gasteiger partial charge in [-0.15, -0.1) is 0 Å². The summed E-state index contributed by atoms with van der Waals surface area (Å²) in [5, 5.41) is 13.2. The van der Waals surface area contributed by atoms with E-state index < -0.39 is 0 Å². The number of ether oxygens (including phenoxy) is 1. The number of hydrogen-bond acceptors (Lipinski definition) is 3. The summed E-state index contributed by atoms with van der Waals surface area (Å²) in [4.78, 5) is 0. The van der Waals surface area contributed by atoms with E-state index in [0.717, 1.165) is 32.4 Å². The van der Waals surface area contributed by atoms with Gasteiger partial charge in [-0.05, 0) is 45.1 Å². The maximum absolute atomic E-state index is 9.67. The molecule has 1 aliphatic rings. The molecule has 3 heteroatoms. The van der Waals surface area contributed by atoms with Crippen molar-refractivity contribution < 1.29 is 9.84 Å². The lowest BCUT2D eigenvalue weighted by Gasteiger charge is -2.35. The van der Waals surface area contributed by atoms with Gasteiger partial charge in [0.1, 0.15) is 0 Å². The van der Waals surface area contributed by atoms with E-state index in [-0.39, 0.29) is 12.1 Å². The van der Waals surface area contributed by atoms with E-state index in [0.29, 0.717) is 12.0 Å². The predicted molar refractivity (Wildman–Crippen MR) is 71.2 cm³/mol. The van der Waals surface area contributed by atoms with Crippen molar-refractivity contribution in [3.63, 3.8) is 0 Å². The maximum Gasteiger partial charge on any atom is 0.0616 e. The highest BCUT2D eigenvalue weighted by Crippen LogP contribution is 2.37. The van der Waals surface area contributed by atoms with E-state index in [4.69, 9.17) is 4.74 Å². The van der Waals surface area contributed by atoms with Crippen LogP contribution in [-0.4, -0.2) is 36.5 Å². The van der Waals surface area contributed by atoms with Crippen LogP contribution in [0.3, 0.4) is 0 Å². The van der Waals surface area contributed by atoms with Gasteiger partial charge in [-0.25, -0.2) is 0 Å². The molecule has 0 saturated heterocycles. The molecule has 1 saturated carbocycles. The van der Waals surface area contributed by atoms with E-state index in [1.54, 1.807) is 0 Å². The van der Waals surface area contributed by atoms with Crippen LogP contribution in [0.4, 0.5) is 0 Å². The van der Waals surface area contributed by atoms with Gasteiger partial charge in [0.25, 0.3) is 0 Å². The Morgan fingerprint density at radius 1 is 1.47 bits per heavy atom. The highest BCUT2D eigenvalue weighted by molar-refractivity contribution is 4.98. The van der Waals surface area contributed by atoms with Gasteiger partial charge in [0, 0.05) is 12.1 Å². The third-order valence-corrected chi connectivity index (χ3v) is 4.21. The van der Waals surface area contributed by atoms with Crippen LogP contribution >= 0.6 is 0 Å². The van der Waals surface area contributed by atoms with Gasteiger partial charge in [0.05, 0.1) is 12.7 Å². The molecule has 0 heterocycles. The van der Waals surface area contributed by atoms with E-state index >= 15 is 0 Å². The van der Waals surface area contributed by atoms with Crippen LogP contribution in [0.5, 0.6) is 0 Å². The minimum absolute atomic E-state index is 0.0342. The number of rotatable bonds is 8. The molecule has 1 aliphatic carbocycles. The quantitative estimate of drug-likeness (QED) is 0.687. The first-order chi connectivity index (χ1) is 8.18. The van der Waals surface area contributed by atoms with Crippen LogP contribution in [0.2, 0.25) is 0 Å². The monoisotopic (exact) mass is 243 g/mol. The van der Waals surface area contributed by atoms with Crippen LogP contribution in [0.1, 0.15) is 52.9 Å². The molecule has 1 rings (SSSR count). The van der Waals surface area contributed by atoms with Gasteiger partial charge >= 0.3 is 0 Å². The Balaban J connectivity index is 2.40. The Labute approximate surface area is 106 Å². The van der Waals surface area contributed by atoms with Gasteiger partial charge in [0.15, 0.2) is 0 Å². The zero-order chi connectivity index (χ0) is 12.7. The van der Waals surface area contributed by atoms with Crippen LogP contribution in [0, 0.1) is 5.92 Å². The lowest BCUT2D eigenvalue weighted by molar-refractivity contribution is 0.0388. The summed E-state index contributed by atoms with van der Waals surface area (Å²) in [5.74, 6) is 0.566. The summed E-state index contributed by atoms with van der Waals surface area (Å²) >= 11 is 0. The highest BCUT2D eigenvalue weighted by atomic mass is 16.5. The summed E-state index contributed by atoms with van der Waals surface area (Å²) in [6, 6.07) is 0. The number of likely N-dealkylation sites (N-methyl/N-ethyl adjacent to an activating group) is 1. The summed E-state index contributed by atoms with van der Waals surface area (Å²) in [6.45, 7) is 8.41. The van der Waals surface area contributed by atoms with Gasteiger partial charge < -0.3 is 15.2 Å². The molecule has 17 heavy (non-hydrogen) atoms. The lowest BCUT2D eigenvalue weighted by atomic mass is 9.85. The first-order valence-corrected chi connectivity index (χ1v) is 7.16. The van der Waals surface area contributed by atoms with Crippen molar-refractivity contribution in [2.24, 2.45) is 5.92 Å². The second-order valence-corrected chi connectivity index (χ2v) is 5.31. The summed E-state index contributed by atoms with van der Waals surface area (Å²) in [6.07, 6.45) is 6.05. The Morgan fingerprint density at radius 3 is 2.82 bits per heavy atom. The minimum atomic E-state index is -0.0342. The summed E-state index contributed by atoms with van der Waals surface area (Å²) < 4.78 is 5.76. The van der Waals surface area contributed by atoms with Gasteiger partial charge in [-0.1, -0.05) is 20.3 Å². The minimum Gasteiger partial charge on any atom is -0.394 e. The first-order valence-electron chi connectivity index (χ1n) is 7.16. The van der Waals surface area contributed by atoms with Crippen LogP contribution in [0.25, 0.3) is 0 Å². The molecule has 3 unspecified atom stereocenters. The average molecular weight is 243 g/mol. The Hall–Kier alpha value is -0.120. The fourth-order valence-corrected chi connectivity index (χ4v) is 2.94. The Morgan fingerprint density at radius 2 is 2.24 bits per heavy atom. The molecule has 0 amide bonds. The van der Waals surface area contributed by atoms with Crippen molar-refractivity contribution in [3.05, 3.63) is 0 Å². The molecule has 102 valence electrons. The third kappa shape index (κ3) is 3.94. The highest BCUT2D eigenvalue weighted by Gasteiger charge is 2.41. The average Bonchev–Trinajstić information content (AvgIpc) is 2.73. The Kier molecular flexibility index (Phi) is 6.45. The van der Waals surface area contributed by atoms with Crippen LogP contribution < -0.4 is 5.32 Å². The van der Waals surface area contributed by atoms with Crippen molar-refractivity contribution in [3.8, 4) is 0 Å². The molecule has 3 atom stereocenters. The standard InChI is InChI=1S/C14H29NO2/c1-4-12(3)17-10-8-13-7-6-9-14(13,11-16)15-5-2/h12-13,15-16H,4-11H2,1-3H3. The molecular formula is C14H29NO2. The van der Waals surface area contributed by atoms with Crippen molar-refractivity contribution in [1.82, 2.24) is 5.32 Å². The van der Waals surface area contributed by atoms with E-state index in [9.17, 15) is 5.11 Å². The molecule has 0 aromatic heterocycles. The molecule has 1 fully saturated rings. The number of aliphatic hydroxyl groups excluding tert-OH is 1. The zero-order valence-corrected chi connectivity index (χ0v) is 11.7. The van der Waals surface area contributed by atoms with Crippen molar-refractivity contribution in [2.75, 3.05) is 19.8 Å². The van der Waals surface area contributed by atoms with Crippen LogP contribution in [-0.2, 0) is 4.74 Å². The third-order valence-electron chi connectivity index (χ3n) is 4.21. The van der Waals surface area contributed by atoms with E-state index in [2.05, 4.69) is 26.1 Å². The normalized spacial score (nSPS) is 30.7. The number of hydrogen-bond donors (Lipinski definition) is 2. The van der Waals surface area contributed by atoms with E-state index in [1.165, 1.54) is 12.8 Å². The predicted octanol–water partition coefficient (Wildman–Crippen LogP) is 2.33. The Bertz CT molecular complexity index is 210. The smallest absolute Gasteiger partial charge is 0.0616 e. The SMILES string of the molecule is CCNC1(CO)CCCC1CCOC(C)CC. The first kappa shape index (κ1) is 14.9. The van der Waals surface area contributed by atoms with Crippen molar-refractivity contribution in [1.29, 1.82) is 0 Å². The maximum atomic E-state index is 9.67. The molecule has 0 aromatic rings. The summed E-state index contributed by atoms with van der Waals surface area (Å²) in [5.41, 5.74) is -0.0342.